The van der Waals surface area contributed by atoms with E-state index in [9.17, 15) is 0 Å². The predicted molar refractivity (Wildman–Crippen MR) is 77.8 cm³/mol. The summed E-state index contributed by atoms with van der Waals surface area (Å²) in [5, 5.41) is 3.56. The first-order valence-electron chi connectivity index (χ1n) is 6.71. The third kappa shape index (κ3) is 2.33. The van der Waals surface area contributed by atoms with Crippen LogP contribution >= 0.6 is 0 Å². The van der Waals surface area contributed by atoms with Crippen molar-refractivity contribution in [3.05, 3.63) is 47.8 Å². The van der Waals surface area contributed by atoms with Crippen molar-refractivity contribution in [2.75, 3.05) is 11.9 Å². The molecule has 1 aliphatic rings. The molecule has 1 aromatic carbocycles. The van der Waals surface area contributed by atoms with Gasteiger partial charge in [0.15, 0.2) is 0 Å². The van der Waals surface area contributed by atoms with Gasteiger partial charge in [0.05, 0.1) is 5.69 Å². The minimum Gasteiger partial charge on any atom is -0.489 e. The number of aromatic amines is 1. The summed E-state index contributed by atoms with van der Waals surface area (Å²) in [4.78, 5) is 3.24. The summed E-state index contributed by atoms with van der Waals surface area (Å²) in [7, 11) is 0. The highest BCUT2D eigenvalue weighted by molar-refractivity contribution is 5.61. The van der Waals surface area contributed by atoms with Gasteiger partial charge in [-0.15, -0.1) is 0 Å². The van der Waals surface area contributed by atoms with Crippen LogP contribution < -0.4 is 10.1 Å². The largest absolute Gasteiger partial charge is 0.489 e. The Morgan fingerprint density at radius 2 is 2.05 bits per heavy atom. The maximum atomic E-state index is 5.85. The van der Waals surface area contributed by atoms with Crippen molar-refractivity contribution in [2.45, 2.75) is 32.2 Å². The van der Waals surface area contributed by atoms with Gasteiger partial charge in [-0.2, -0.15) is 0 Å². The van der Waals surface area contributed by atoms with Crippen molar-refractivity contribution < 1.29 is 4.74 Å². The second-order valence-corrected chi connectivity index (χ2v) is 6.09. The summed E-state index contributed by atoms with van der Waals surface area (Å²) in [5.74, 6) is 0.941. The van der Waals surface area contributed by atoms with Crippen LogP contribution in [0.1, 0.15) is 38.1 Å². The molecule has 2 heterocycles. The molecule has 1 aliphatic heterocycles. The molecular weight excluding hydrogens is 236 g/mol. The fourth-order valence-electron chi connectivity index (χ4n) is 2.37. The predicted octanol–water partition coefficient (Wildman–Crippen LogP) is 3.86. The average Bonchev–Trinajstić information content (AvgIpc) is 2.90. The molecule has 0 fully saturated rings. The summed E-state index contributed by atoms with van der Waals surface area (Å²) in [5.41, 5.74) is 3.70. The molecule has 1 unspecified atom stereocenters. The zero-order valence-corrected chi connectivity index (χ0v) is 11.7. The first-order valence-corrected chi connectivity index (χ1v) is 6.71. The highest BCUT2D eigenvalue weighted by atomic mass is 16.5. The zero-order chi connectivity index (χ0) is 13.5. The van der Waals surface area contributed by atoms with Gasteiger partial charge in [-0.3, -0.25) is 0 Å². The summed E-state index contributed by atoms with van der Waals surface area (Å²) in [6.07, 6.45) is 1.94. The fourth-order valence-corrected chi connectivity index (χ4v) is 2.37. The lowest BCUT2D eigenvalue weighted by Crippen LogP contribution is -2.24. The first-order chi connectivity index (χ1) is 9.04. The summed E-state index contributed by atoms with van der Waals surface area (Å²) >= 11 is 0. The monoisotopic (exact) mass is 256 g/mol. The lowest BCUT2D eigenvalue weighted by Gasteiger charge is -2.29. The van der Waals surface area contributed by atoms with Crippen LogP contribution in [0.4, 0.5) is 5.69 Å². The van der Waals surface area contributed by atoms with Gasteiger partial charge >= 0.3 is 0 Å². The molecule has 0 bridgehead atoms. The van der Waals surface area contributed by atoms with Crippen molar-refractivity contribution in [1.29, 1.82) is 0 Å². The molecule has 2 N–H and O–H groups in total. The van der Waals surface area contributed by atoms with E-state index in [4.69, 9.17) is 4.74 Å². The van der Waals surface area contributed by atoms with Crippen LogP contribution in [-0.2, 0) is 5.41 Å². The number of ether oxygens (including phenoxy) is 1. The molecule has 3 heteroatoms. The third-order valence-electron chi connectivity index (χ3n) is 3.58. The second kappa shape index (κ2) is 4.34. The molecule has 1 atom stereocenters. The Morgan fingerprint density at radius 1 is 1.21 bits per heavy atom. The van der Waals surface area contributed by atoms with Gasteiger partial charge in [0.1, 0.15) is 18.4 Å². The van der Waals surface area contributed by atoms with E-state index in [1.807, 2.05) is 12.3 Å². The van der Waals surface area contributed by atoms with Crippen LogP contribution in [0.25, 0.3) is 0 Å². The van der Waals surface area contributed by atoms with Crippen molar-refractivity contribution in [3.63, 3.8) is 0 Å². The molecule has 3 nitrogen and oxygen atoms in total. The van der Waals surface area contributed by atoms with Gasteiger partial charge in [0.25, 0.3) is 0 Å². The minimum absolute atomic E-state index is 0.149. The van der Waals surface area contributed by atoms with E-state index in [-0.39, 0.29) is 11.5 Å². The van der Waals surface area contributed by atoms with Gasteiger partial charge in [-0.05, 0) is 35.2 Å². The van der Waals surface area contributed by atoms with Crippen LogP contribution in [-0.4, -0.2) is 11.6 Å². The van der Waals surface area contributed by atoms with Crippen molar-refractivity contribution in [3.8, 4) is 5.75 Å². The smallest absolute Gasteiger partial charge is 0.142 e. The van der Waals surface area contributed by atoms with Crippen molar-refractivity contribution >= 4 is 5.69 Å². The normalized spacial score (nSPS) is 18.4. The number of hydrogen-bond donors (Lipinski definition) is 2. The molecule has 0 saturated heterocycles. The number of anilines is 1. The number of aromatic nitrogens is 1. The van der Waals surface area contributed by atoms with E-state index < -0.39 is 0 Å². The summed E-state index contributed by atoms with van der Waals surface area (Å²) in [6, 6.07) is 10.7. The number of H-pyrrole nitrogens is 1. The van der Waals surface area contributed by atoms with Gasteiger partial charge < -0.3 is 15.0 Å². The number of benzene rings is 1. The third-order valence-corrected chi connectivity index (χ3v) is 3.58. The molecule has 0 aliphatic carbocycles. The number of fused-ring (bicyclic) bond motifs is 1. The molecule has 0 radical (unpaired) electrons. The SMILES string of the molecule is CC(C)(C)c1ccc2c(c1)NC(c1ccc[nH]1)CO2. The maximum Gasteiger partial charge on any atom is 0.142 e. The maximum absolute atomic E-state index is 5.85. The molecule has 3 rings (SSSR count). The summed E-state index contributed by atoms with van der Waals surface area (Å²) in [6.45, 7) is 7.32. The van der Waals surface area contributed by atoms with E-state index in [0.717, 1.165) is 17.1 Å². The lowest BCUT2D eigenvalue weighted by atomic mass is 9.86. The standard InChI is InChI=1S/C16H20N2O/c1-16(2,3)11-6-7-15-13(9-11)18-14(10-19-15)12-5-4-8-17-12/h4-9,14,17-18H,10H2,1-3H3. The van der Waals surface area contributed by atoms with Crippen LogP contribution in [0.3, 0.4) is 0 Å². The zero-order valence-electron chi connectivity index (χ0n) is 11.7. The lowest BCUT2D eigenvalue weighted by molar-refractivity contribution is 0.284. The number of nitrogens with one attached hydrogen (secondary N) is 2. The molecule has 100 valence electrons. The molecule has 0 saturated carbocycles. The van der Waals surface area contributed by atoms with Gasteiger partial charge in [-0.1, -0.05) is 26.8 Å². The molecule has 19 heavy (non-hydrogen) atoms. The average molecular weight is 256 g/mol. The highest BCUT2D eigenvalue weighted by Crippen LogP contribution is 2.36. The number of rotatable bonds is 1. The molecule has 0 spiro atoms. The van der Waals surface area contributed by atoms with Gasteiger partial charge in [0, 0.05) is 11.9 Å². The molecular formula is C16H20N2O. The fraction of sp³-hybridized carbons (Fsp3) is 0.375. The minimum atomic E-state index is 0.149. The molecule has 1 aromatic heterocycles. The Hall–Kier alpha value is -1.90. The van der Waals surface area contributed by atoms with Crippen LogP contribution in [0, 0.1) is 0 Å². The Morgan fingerprint density at radius 3 is 2.74 bits per heavy atom. The van der Waals surface area contributed by atoms with E-state index in [0.29, 0.717) is 6.61 Å². The Bertz CT molecular complexity index is 567. The van der Waals surface area contributed by atoms with Gasteiger partial charge in [0.2, 0.25) is 0 Å². The molecule has 2 aromatic rings. The van der Waals surface area contributed by atoms with Crippen molar-refractivity contribution in [2.24, 2.45) is 0 Å². The Kier molecular flexibility index (Phi) is 2.77. The van der Waals surface area contributed by atoms with E-state index in [1.165, 1.54) is 5.56 Å². The van der Waals surface area contributed by atoms with Crippen LogP contribution in [0.15, 0.2) is 36.5 Å². The highest BCUT2D eigenvalue weighted by Gasteiger charge is 2.23. The van der Waals surface area contributed by atoms with Gasteiger partial charge in [-0.25, -0.2) is 0 Å². The first kappa shape index (κ1) is 12.2. The number of hydrogen-bond acceptors (Lipinski definition) is 2. The second-order valence-electron chi connectivity index (χ2n) is 6.09. The van der Waals surface area contributed by atoms with Crippen LogP contribution in [0.5, 0.6) is 5.75 Å². The Labute approximate surface area is 114 Å². The van der Waals surface area contributed by atoms with E-state index >= 15 is 0 Å². The van der Waals surface area contributed by atoms with E-state index in [1.54, 1.807) is 0 Å². The van der Waals surface area contributed by atoms with Crippen molar-refractivity contribution in [1.82, 2.24) is 4.98 Å². The Balaban J connectivity index is 1.91. The van der Waals surface area contributed by atoms with E-state index in [2.05, 4.69) is 55.3 Å². The summed E-state index contributed by atoms with van der Waals surface area (Å²) < 4.78 is 5.85. The topological polar surface area (TPSA) is 37.0 Å². The quantitative estimate of drug-likeness (QED) is 0.813. The molecule has 0 amide bonds. The van der Waals surface area contributed by atoms with Crippen LogP contribution in [0.2, 0.25) is 0 Å².